The summed E-state index contributed by atoms with van der Waals surface area (Å²) in [6, 6.07) is 6.10. The zero-order chi connectivity index (χ0) is 17.2. The van der Waals surface area contributed by atoms with Crippen molar-refractivity contribution in [3.05, 3.63) is 47.8 Å². The first-order valence-corrected chi connectivity index (χ1v) is 8.60. The van der Waals surface area contributed by atoms with Crippen LogP contribution in [-0.2, 0) is 16.1 Å². The molecule has 6 nitrogen and oxygen atoms in total. The fraction of sp³-hybridized carbons (Fsp3) is 0.500. The fourth-order valence-electron chi connectivity index (χ4n) is 3.67. The maximum absolute atomic E-state index is 13.1. The quantitative estimate of drug-likeness (QED) is 0.848. The van der Waals surface area contributed by atoms with Crippen molar-refractivity contribution in [1.29, 1.82) is 0 Å². The van der Waals surface area contributed by atoms with Gasteiger partial charge in [0, 0.05) is 12.2 Å². The van der Waals surface area contributed by atoms with Gasteiger partial charge in [-0.15, -0.1) is 0 Å². The van der Waals surface area contributed by atoms with Crippen LogP contribution in [0.1, 0.15) is 24.2 Å². The number of pyridine rings is 1. The number of hydrogen-bond acceptors (Lipinski definition) is 6. The second kappa shape index (κ2) is 7.01. The first-order chi connectivity index (χ1) is 12.2. The number of rotatable bonds is 4. The summed E-state index contributed by atoms with van der Waals surface area (Å²) in [5, 5.41) is 0. The Balaban J connectivity index is 1.43. The lowest BCUT2D eigenvalue weighted by Crippen LogP contribution is -2.52. The topological polar surface area (TPSA) is 60.4 Å². The highest BCUT2D eigenvalue weighted by atomic mass is 19.1. The number of fused-ring (bicyclic) bond motifs is 1. The molecule has 0 N–H and O–H groups in total. The molecule has 7 heteroatoms. The standard InChI is InChI=1S/C18H21FN4O2/c1-12-3-2-4-14(22-12)11-25-16-6-5-15-17(16)24-8-7-23(15)18-20-9-13(19)10-21-18/h2-4,9-10,15-17H,5-8,11H2,1H3/t15-,16-,17-/m1/s1. The molecule has 0 bridgehead atoms. The van der Waals surface area contributed by atoms with Crippen molar-refractivity contribution < 1.29 is 13.9 Å². The normalized spacial score (nSPS) is 25.8. The molecule has 1 saturated carbocycles. The predicted octanol–water partition coefficient (Wildman–Crippen LogP) is 2.27. The number of nitrogens with zero attached hydrogens (tertiary/aromatic N) is 4. The maximum atomic E-state index is 13.1. The van der Waals surface area contributed by atoms with Crippen molar-refractivity contribution in [2.75, 3.05) is 18.1 Å². The highest BCUT2D eigenvalue weighted by Gasteiger charge is 2.44. The van der Waals surface area contributed by atoms with Crippen LogP contribution in [0.15, 0.2) is 30.6 Å². The minimum absolute atomic E-state index is 0.0211. The molecule has 2 aromatic heterocycles. The Bertz CT molecular complexity index is 727. The third-order valence-corrected chi connectivity index (χ3v) is 4.79. The van der Waals surface area contributed by atoms with Gasteiger partial charge in [-0.05, 0) is 31.9 Å². The maximum Gasteiger partial charge on any atom is 0.225 e. The number of aryl methyl sites for hydroxylation is 1. The van der Waals surface area contributed by atoms with Gasteiger partial charge in [-0.3, -0.25) is 4.98 Å². The molecule has 132 valence electrons. The minimum atomic E-state index is -0.424. The zero-order valence-corrected chi connectivity index (χ0v) is 14.1. The van der Waals surface area contributed by atoms with E-state index in [0.29, 0.717) is 25.7 Å². The van der Waals surface area contributed by atoms with Crippen LogP contribution in [0.25, 0.3) is 0 Å². The molecular weight excluding hydrogens is 323 g/mol. The molecule has 1 aliphatic heterocycles. The number of halogens is 1. The van der Waals surface area contributed by atoms with E-state index in [2.05, 4.69) is 19.9 Å². The van der Waals surface area contributed by atoms with Crippen molar-refractivity contribution in [2.45, 2.75) is 44.6 Å². The van der Waals surface area contributed by atoms with Crippen LogP contribution in [0.3, 0.4) is 0 Å². The minimum Gasteiger partial charge on any atom is -0.372 e. The summed E-state index contributed by atoms with van der Waals surface area (Å²) in [5.74, 6) is 0.132. The van der Waals surface area contributed by atoms with E-state index >= 15 is 0 Å². The van der Waals surface area contributed by atoms with E-state index in [1.165, 1.54) is 12.4 Å². The molecule has 2 fully saturated rings. The average molecular weight is 344 g/mol. The van der Waals surface area contributed by atoms with E-state index in [0.717, 1.165) is 24.2 Å². The van der Waals surface area contributed by atoms with Crippen LogP contribution < -0.4 is 4.90 Å². The van der Waals surface area contributed by atoms with E-state index < -0.39 is 5.82 Å². The van der Waals surface area contributed by atoms with Gasteiger partial charge in [0.15, 0.2) is 5.82 Å². The first kappa shape index (κ1) is 16.4. The Morgan fingerprint density at radius 2 is 2.12 bits per heavy atom. The van der Waals surface area contributed by atoms with E-state index in [1.54, 1.807) is 0 Å². The van der Waals surface area contributed by atoms with Crippen LogP contribution in [0.4, 0.5) is 10.3 Å². The number of aromatic nitrogens is 3. The number of morpholine rings is 1. The second-order valence-electron chi connectivity index (χ2n) is 6.49. The molecule has 3 atom stereocenters. The van der Waals surface area contributed by atoms with Gasteiger partial charge in [-0.1, -0.05) is 6.07 Å². The Morgan fingerprint density at radius 1 is 1.28 bits per heavy atom. The summed E-state index contributed by atoms with van der Waals surface area (Å²) in [5.41, 5.74) is 1.91. The van der Waals surface area contributed by atoms with Crippen LogP contribution >= 0.6 is 0 Å². The van der Waals surface area contributed by atoms with Crippen LogP contribution in [0.2, 0.25) is 0 Å². The fourth-order valence-corrected chi connectivity index (χ4v) is 3.67. The van der Waals surface area contributed by atoms with Crippen LogP contribution in [0.5, 0.6) is 0 Å². The smallest absolute Gasteiger partial charge is 0.225 e. The highest BCUT2D eigenvalue weighted by Crippen LogP contribution is 2.34. The Labute approximate surface area is 146 Å². The molecule has 1 saturated heterocycles. The van der Waals surface area contributed by atoms with Crippen molar-refractivity contribution in [3.63, 3.8) is 0 Å². The van der Waals surface area contributed by atoms with Crippen LogP contribution in [0, 0.1) is 12.7 Å². The molecule has 0 radical (unpaired) electrons. The van der Waals surface area contributed by atoms with Gasteiger partial charge in [0.1, 0.15) is 6.10 Å². The molecule has 0 unspecified atom stereocenters. The Morgan fingerprint density at radius 3 is 2.92 bits per heavy atom. The molecule has 4 rings (SSSR count). The van der Waals surface area contributed by atoms with Gasteiger partial charge in [-0.2, -0.15) is 0 Å². The molecule has 2 aliphatic rings. The van der Waals surface area contributed by atoms with E-state index in [1.807, 2.05) is 25.1 Å². The van der Waals surface area contributed by atoms with Gasteiger partial charge in [0.2, 0.25) is 5.95 Å². The van der Waals surface area contributed by atoms with Crippen LogP contribution in [-0.4, -0.2) is 46.4 Å². The molecule has 1 aliphatic carbocycles. The Kier molecular flexibility index (Phi) is 4.59. The highest BCUT2D eigenvalue weighted by molar-refractivity contribution is 5.33. The number of ether oxygens (including phenoxy) is 2. The van der Waals surface area contributed by atoms with Gasteiger partial charge >= 0.3 is 0 Å². The average Bonchev–Trinajstić information content (AvgIpc) is 3.04. The van der Waals surface area contributed by atoms with Crippen molar-refractivity contribution in [3.8, 4) is 0 Å². The number of hydrogen-bond donors (Lipinski definition) is 0. The van der Waals surface area contributed by atoms with Gasteiger partial charge in [0.05, 0.1) is 43.4 Å². The summed E-state index contributed by atoms with van der Waals surface area (Å²) in [6.45, 7) is 3.75. The SMILES string of the molecule is Cc1cccc(CO[C@@H]2CC[C@@H]3[C@H]2OCCN3c2ncc(F)cn2)n1. The third-order valence-electron chi connectivity index (χ3n) is 4.79. The summed E-state index contributed by atoms with van der Waals surface area (Å²) in [7, 11) is 0. The molecular formula is C18H21FN4O2. The van der Waals surface area contributed by atoms with Gasteiger partial charge in [0.25, 0.3) is 0 Å². The lowest BCUT2D eigenvalue weighted by Gasteiger charge is -2.38. The van der Waals surface area contributed by atoms with Crippen molar-refractivity contribution in [1.82, 2.24) is 15.0 Å². The van der Waals surface area contributed by atoms with Crippen molar-refractivity contribution in [2.24, 2.45) is 0 Å². The first-order valence-electron chi connectivity index (χ1n) is 8.60. The number of anilines is 1. The molecule has 25 heavy (non-hydrogen) atoms. The molecule has 2 aromatic rings. The zero-order valence-electron chi connectivity index (χ0n) is 14.1. The summed E-state index contributed by atoms with van der Waals surface area (Å²) >= 11 is 0. The van der Waals surface area contributed by atoms with E-state index in [4.69, 9.17) is 9.47 Å². The van der Waals surface area contributed by atoms with Gasteiger partial charge in [-0.25, -0.2) is 14.4 Å². The summed E-state index contributed by atoms with van der Waals surface area (Å²) < 4.78 is 25.2. The largest absolute Gasteiger partial charge is 0.372 e. The Hall–Kier alpha value is -2.12. The third kappa shape index (κ3) is 3.48. The van der Waals surface area contributed by atoms with E-state index in [-0.39, 0.29) is 18.2 Å². The predicted molar refractivity (Wildman–Crippen MR) is 89.6 cm³/mol. The lowest BCUT2D eigenvalue weighted by atomic mass is 10.1. The summed E-state index contributed by atoms with van der Waals surface area (Å²) in [6.07, 6.45) is 4.27. The molecule has 0 aromatic carbocycles. The van der Waals surface area contributed by atoms with Gasteiger partial charge < -0.3 is 14.4 Å². The van der Waals surface area contributed by atoms with Crippen molar-refractivity contribution >= 4 is 5.95 Å². The second-order valence-corrected chi connectivity index (χ2v) is 6.49. The molecule has 0 amide bonds. The lowest BCUT2D eigenvalue weighted by molar-refractivity contribution is -0.0779. The molecule has 0 spiro atoms. The monoisotopic (exact) mass is 344 g/mol. The molecule has 3 heterocycles. The van der Waals surface area contributed by atoms with E-state index in [9.17, 15) is 4.39 Å². The summed E-state index contributed by atoms with van der Waals surface area (Å²) in [4.78, 5) is 14.8.